The van der Waals surface area contributed by atoms with E-state index in [9.17, 15) is 9.90 Å². The maximum Gasteiger partial charge on any atom is 0.407 e. The van der Waals surface area contributed by atoms with Crippen molar-refractivity contribution in [3.05, 3.63) is 138 Å². The minimum atomic E-state index is -0.520. The minimum Gasteiger partial charge on any atom is -0.445 e. The SMILES string of the molecule is C=CCOC(=O)NCc1ccccc1-c1ccc([C@H]2O[C@@H](CSc3ccccc3)C[C@@H](c3ccc(CO)cc3)O2)cc1. The third-order valence-corrected chi connectivity index (χ3v) is 8.20. The molecule has 7 heteroatoms. The predicted octanol–water partition coefficient (Wildman–Crippen LogP) is 7.60. The lowest BCUT2D eigenvalue weighted by atomic mass is 9.98. The fourth-order valence-electron chi connectivity index (χ4n) is 4.86. The average Bonchev–Trinajstić information content (AvgIpc) is 3.06. The number of alkyl carbamates (subject to hydrolysis) is 1. The van der Waals surface area contributed by atoms with Gasteiger partial charge in [-0.05, 0) is 39.9 Å². The Balaban J connectivity index is 1.32. The molecule has 1 heterocycles. The van der Waals surface area contributed by atoms with Crippen molar-refractivity contribution in [1.29, 1.82) is 0 Å². The molecule has 1 fully saturated rings. The standard InChI is InChI=1S/C35H35NO5S/c1-2-20-39-35(38)36-22-29-8-6-7-11-32(29)26-16-18-28(19-17-26)34-40-30(24-42-31-9-4-3-5-10-31)21-33(41-34)27-14-12-25(23-37)13-15-27/h2-19,30,33-34,37H,1,20-24H2,(H,36,38)/t30-,33+,34+/m1/s1. The van der Waals surface area contributed by atoms with Crippen molar-refractivity contribution in [3.8, 4) is 11.1 Å². The zero-order valence-electron chi connectivity index (χ0n) is 23.4. The molecule has 0 saturated carbocycles. The van der Waals surface area contributed by atoms with Crippen molar-refractivity contribution in [2.45, 2.75) is 43.0 Å². The van der Waals surface area contributed by atoms with Crippen LogP contribution in [0.3, 0.4) is 0 Å². The van der Waals surface area contributed by atoms with Crippen molar-refractivity contribution in [1.82, 2.24) is 5.32 Å². The minimum absolute atomic E-state index is 0.0104. The lowest BCUT2D eigenvalue weighted by Crippen LogP contribution is -2.31. The number of ether oxygens (including phenoxy) is 3. The molecule has 1 amide bonds. The first-order valence-corrected chi connectivity index (χ1v) is 15.0. The molecule has 0 bridgehead atoms. The molecule has 42 heavy (non-hydrogen) atoms. The molecule has 5 rings (SSSR count). The molecular weight excluding hydrogens is 546 g/mol. The molecule has 1 aliphatic rings. The van der Waals surface area contributed by atoms with Crippen molar-refractivity contribution in [3.63, 3.8) is 0 Å². The van der Waals surface area contributed by atoms with E-state index in [1.165, 1.54) is 11.0 Å². The summed E-state index contributed by atoms with van der Waals surface area (Å²) in [7, 11) is 0. The van der Waals surface area contributed by atoms with Gasteiger partial charge in [0, 0.05) is 29.2 Å². The van der Waals surface area contributed by atoms with Crippen LogP contribution in [-0.4, -0.2) is 29.7 Å². The number of thioether (sulfide) groups is 1. The van der Waals surface area contributed by atoms with Crippen LogP contribution in [0.2, 0.25) is 0 Å². The van der Waals surface area contributed by atoms with Gasteiger partial charge < -0.3 is 24.6 Å². The monoisotopic (exact) mass is 581 g/mol. The molecule has 216 valence electrons. The van der Waals surface area contributed by atoms with Crippen LogP contribution in [0.5, 0.6) is 0 Å². The van der Waals surface area contributed by atoms with Gasteiger partial charge >= 0.3 is 6.09 Å². The Hall–Kier alpha value is -3.88. The van der Waals surface area contributed by atoms with Crippen LogP contribution < -0.4 is 5.32 Å². The lowest BCUT2D eigenvalue weighted by Gasteiger charge is -2.36. The van der Waals surface area contributed by atoms with Gasteiger partial charge in [-0.15, -0.1) is 11.8 Å². The predicted molar refractivity (Wildman–Crippen MR) is 166 cm³/mol. The second-order valence-corrected chi connectivity index (χ2v) is 11.1. The number of nitrogens with one attached hydrogen (secondary N) is 1. The van der Waals surface area contributed by atoms with Crippen LogP contribution in [0.1, 0.15) is 41.1 Å². The number of carbonyl (C=O) groups excluding carboxylic acids is 1. The van der Waals surface area contributed by atoms with Gasteiger partial charge in [0.05, 0.1) is 18.8 Å². The first kappa shape index (κ1) is 29.6. The highest BCUT2D eigenvalue weighted by atomic mass is 32.2. The smallest absolute Gasteiger partial charge is 0.407 e. The highest BCUT2D eigenvalue weighted by Crippen LogP contribution is 2.40. The summed E-state index contributed by atoms with van der Waals surface area (Å²) in [5.74, 6) is 0.808. The quantitative estimate of drug-likeness (QED) is 0.140. The Morgan fingerprint density at radius 2 is 1.64 bits per heavy atom. The van der Waals surface area contributed by atoms with E-state index in [2.05, 4.69) is 36.2 Å². The van der Waals surface area contributed by atoms with E-state index in [-0.39, 0.29) is 25.4 Å². The van der Waals surface area contributed by atoms with Gasteiger partial charge in [-0.2, -0.15) is 0 Å². The Labute approximate surface area is 251 Å². The number of rotatable bonds is 11. The highest BCUT2D eigenvalue weighted by Gasteiger charge is 2.32. The molecule has 0 aromatic heterocycles. The molecule has 0 unspecified atom stereocenters. The van der Waals surface area contributed by atoms with Crippen molar-refractivity contribution < 1.29 is 24.1 Å². The van der Waals surface area contributed by atoms with Crippen LogP contribution in [0.15, 0.2) is 121 Å². The van der Waals surface area contributed by atoms with Gasteiger partial charge in [-0.25, -0.2) is 4.79 Å². The Morgan fingerprint density at radius 1 is 0.929 bits per heavy atom. The lowest BCUT2D eigenvalue weighted by molar-refractivity contribution is -0.245. The fourth-order valence-corrected chi connectivity index (χ4v) is 5.80. The van der Waals surface area contributed by atoms with E-state index in [0.29, 0.717) is 6.54 Å². The largest absolute Gasteiger partial charge is 0.445 e. The van der Waals surface area contributed by atoms with Crippen LogP contribution in [-0.2, 0) is 27.4 Å². The zero-order valence-corrected chi connectivity index (χ0v) is 24.2. The summed E-state index contributed by atoms with van der Waals surface area (Å²) in [6, 6.07) is 34.5. The molecule has 1 aliphatic heterocycles. The second-order valence-electron chi connectivity index (χ2n) is 9.99. The third kappa shape index (κ3) is 7.89. The Morgan fingerprint density at radius 3 is 2.38 bits per heavy atom. The molecule has 0 spiro atoms. The van der Waals surface area contributed by atoms with Gasteiger partial charge in [0.15, 0.2) is 6.29 Å². The van der Waals surface area contributed by atoms with Crippen molar-refractivity contribution in [2.24, 2.45) is 0 Å². The molecule has 2 N–H and O–H groups in total. The third-order valence-electron chi connectivity index (χ3n) is 7.06. The van der Waals surface area contributed by atoms with E-state index in [4.69, 9.17) is 14.2 Å². The summed E-state index contributed by atoms with van der Waals surface area (Å²) in [5, 5.41) is 12.3. The van der Waals surface area contributed by atoms with E-state index in [1.807, 2.05) is 78.9 Å². The number of hydrogen-bond donors (Lipinski definition) is 2. The van der Waals surface area contributed by atoms with Crippen LogP contribution >= 0.6 is 11.8 Å². The van der Waals surface area contributed by atoms with E-state index < -0.39 is 12.4 Å². The molecule has 0 radical (unpaired) electrons. The van der Waals surface area contributed by atoms with Gasteiger partial charge in [-0.1, -0.05) is 104 Å². The normalized spacial score (nSPS) is 18.3. The van der Waals surface area contributed by atoms with E-state index >= 15 is 0 Å². The Kier molecular flexibility index (Phi) is 10.5. The van der Waals surface area contributed by atoms with Crippen molar-refractivity contribution >= 4 is 17.9 Å². The number of carbonyl (C=O) groups is 1. The van der Waals surface area contributed by atoms with Gasteiger partial charge in [0.25, 0.3) is 0 Å². The summed E-state index contributed by atoms with van der Waals surface area (Å²) < 4.78 is 18.1. The van der Waals surface area contributed by atoms with E-state index in [0.717, 1.165) is 45.6 Å². The van der Waals surface area contributed by atoms with Gasteiger partial charge in [0.1, 0.15) is 6.61 Å². The maximum absolute atomic E-state index is 11.9. The number of benzene rings is 4. The molecule has 0 aliphatic carbocycles. The van der Waals surface area contributed by atoms with Crippen LogP contribution in [0.4, 0.5) is 4.79 Å². The maximum atomic E-state index is 11.9. The summed E-state index contributed by atoms with van der Waals surface area (Å²) in [6.45, 7) is 4.09. The van der Waals surface area contributed by atoms with Gasteiger partial charge in [0.2, 0.25) is 0 Å². The van der Waals surface area contributed by atoms with Crippen molar-refractivity contribution in [2.75, 3.05) is 12.4 Å². The van der Waals surface area contributed by atoms with Crippen LogP contribution in [0, 0.1) is 0 Å². The number of aliphatic hydroxyl groups excluding tert-OH is 1. The zero-order chi connectivity index (χ0) is 29.1. The molecule has 6 nitrogen and oxygen atoms in total. The molecule has 1 saturated heterocycles. The molecular formula is C35H35NO5S. The van der Waals surface area contributed by atoms with E-state index in [1.54, 1.807) is 11.8 Å². The second kappa shape index (κ2) is 14.8. The van der Waals surface area contributed by atoms with Crippen LogP contribution in [0.25, 0.3) is 11.1 Å². The number of amides is 1. The summed E-state index contributed by atoms with van der Waals surface area (Å²) in [5.41, 5.74) is 5.92. The summed E-state index contributed by atoms with van der Waals surface area (Å²) in [6.07, 6.45) is 1.13. The topological polar surface area (TPSA) is 77.0 Å². The first-order chi connectivity index (χ1) is 20.6. The number of aliphatic hydroxyl groups is 1. The number of hydrogen-bond acceptors (Lipinski definition) is 6. The summed E-state index contributed by atoms with van der Waals surface area (Å²) >= 11 is 1.78. The first-order valence-electron chi connectivity index (χ1n) is 14.0. The fraction of sp³-hybridized carbons (Fsp3) is 0.229. The summed E-state index contributed by atoms with van der Waals surface area (Å²) in [4.78, 5) is 13.1. The highest BCUT2D eigenvalue weighted by molar-refractivity contribution is 7.99. The molecule has 4 aromatic rings. The van der Waals surface area contributed by atoms with Gasteiger partial charge in [-0.3, -0.25) is 0 Å². The molecule has 3 atom stereocenters. The molecule has 4 aromatic carbocycles. The Bertz CT molecular complexity index is 1440. The average molecular weight is 582 g/mol.